The molecule has 2 N–H and O–H groups in total. The molecule has 4 nitrogen and oxygen atoms in total. The summed E-state index contributed by atoms with van der Waals surface area (Å²) in [4.78, 5) is 3.67. The fourth-order valence-electron chi connectivity index (χ4n) is 1.12. The first-order valence-corrected chi connectivity index (χ1v) is 3.86. The molecule has 0 fully saturated rings. The second-order valence-electron chi connectivity index (χ2n) is 2.73. The molecule has 0 aliphatic heterocycles. The van der Waals surface area contributed by atoms with Crippen molar-refractivity contribution in [1.29, 1.82) is 0 Å². The second-order valence-corrected chi connectivity index (χ2v) is 2.73. The number of aromatic nitrogens is 1. The summed E-state index contributed by atoms with van der Waals surface area (Å²) >= 11 is 0. The van der Waals surface area contributed by atoms with Crippen molar-refractivity contribution in [2.24, 2.45) is 0 Å². The Balaban J connectivity index is 2.38. The van der Waals surface area contributed by atoms with Crippen LogP contribution in [0.1, 0.15) is 0 Å². The standard InChI is InChI=1S/C8H5F3N2O2/c9-8(10,11)15-4-1-2-6-5(3-4)13-7(12)14-6/h1-3H,(H2,12,13). The normalized spacial score (nSPS) is 11.9. The maximum absolute atomic E-state index is 11.9. The summed E-state index contributed by atoms with van der Waals surface area (Å²) < 4.78 is 44.1. The SMILES string of the molecule is Nc1nc2cc(OC(F)(F)F)ccc2o1. The Morgan fingerprint density at radius 3 is 2.73 bits per heavy atom. The number of oxazole rings is 1. The maximum atomic E-state index is 11.9. The van der Waals surface area contributed by atoms with E-state index in [9.17, 15) is 13.2 Å². The van der Waals surface area contributed by atoms with Gasteiger partial charge in [0.1, 0.15) is 11.3 Å². The van der Waals surface area contributed by atoms with Gasteiger partial charge in [0.2, 0.25) is 0 Å². The highest BCUT2D eigenvalue weighted by atomic mass is 19.4. The molecule has 15 heavy (non-hydrogen) atoms. The molecule has 0 radical (unpaired) electrons. The predicted octanol–water partition coefficient (Wildman–Crippen LogP) is 2.31. The van der Waals surface area contributed by atoms with Gasteiger partial charge in [-0.2, -0.15) is 4.98 Å². The van der Waals surface area contributed by atoms with Crippen LogP contribution in [0.5, 0.6) is 5.75 Å². The maximum Gasteiger partial charge on any atom is 0.573 e. The first-order chi connectivity index (χ1) is 6.94. The Kier molecular flexibility index (Phi) is 1.95. The largest absolute Gasteiger partial charge is 0.573 e. The Morgan fingerprint density at radius 2 is 2.07 bits per heavy atom. The summed E-state index contributed by atoms with van der Waals surface area (Å²) in [6, 6.07) is 3.43. The lowest BCUT2D eigenvalue weighted by atomic mass is 10.3. The lowest BCUT2D eigenvalue weighted by molar-refractivity contribution is -0.274. The molecule has 2 aromatic rings. The fraction of sp³-hybridized carbons (Fsp3) is 0.125. The highest BCUT2D eigenvalue weighted by molar-refractivity contribution is 5.75. The third kappa shape index (κ3) is 2.12. The number of nitrogens with zero attached hydrogens (tertiary/aromatic N) is 1. The minimum Gasteiger partial charge on any atom is -0.424 e. The molecular weight excluding hydrogens is 213 g/mol. The number of benzene rings is 1. The molecule has 0 atom stereocenters. The van der Waals surface area contributed by atoms with Gasteiger partial charge in [0.05, 0.1) is 0 Å². The Labute approximate surface area is 81.4 Å². The predicted molar refractivity (Wildman–Crippen MR) is 45.1 cm³/mol. The summed E-state index contributed by atoms with van der Waals surface area (Å²) in [7, 11) is 0. The number of nitrogens with two attached hydrogens (primary N) is 1. The zero-order valence-corrected chi connectivity index (χ0v) is 7.21. The first-order valence-electron chi connectivity index (χ1n) is 3.86. The van der Waals surface area contributed by atoms with E-state index in [0.29, 0.717) is 5.58 Å². The fourth-order valence-corrected chi connectivity index (χ4v) is 1.12. The zero-order chi connectivity index (χ0) is 11.1. The molecule has 0 saturated carbocycles. The number of halogens is 3. The van der Waals surface area contributed by atoms with E-state index in [4.69, 9.17) is 10.2 Å². The van der Waals surface area contributed by atoms with E-state index in [2.05, 4.69) is 9.72 Å². The monoisotopic (exact) mass is 218 g/mol. The van der Waals surface area contributed by atoms with Crippen molar-refractivity contribution in [3.63, 3.8) is 0 Å². The molecular formula is C8H5F3N2O2. The average molecular weight is 218 g/mol. The number of alkyl halides is 3. The van der Waals surface area contributed by atoms with Crippen molar-refractivity contribution in [3.8, 4) is 5.75 Å². The highest BCUT2D eigenvalue weighted by Gasteiger charge is 2.31. The van der Waals surface area contributed by atoms with Gasteiger partial charge in [0.25, 0.3) is 6.01 Å². The van der Waals surface area contributed by atoms with Gasteiger partial charge in [-0.25, -0.2) is 0 Å². The van der Waals surface area contributed by atoms with Gasteiger partial charge in [-0.1, -0.05) is 0 Å². The van der Waals surface area contributed by atoms with E-state index in [1.54, 1.807) is 0 Å². The topological polar surface area (TPSA) is 61.3 Å². The number of hydrogen-bond donors (Lipinski definition) is 1. The minimum atomic E-state index is -4.72. The van der Waals surface area contributed by atoms with E-state index in [1.807, 2.05) is 0 Å². The van der Waals surface area contributed by atoms with E-state index in [0.717, 1.165) is 12.1 Å². The van der Waals surface area contributed by atoms with Gasteiger partial charge in [0, 0.05) is 6.07 Å². The van der Waals surface area contributed by atoms with E-state index >= 15 is 0 Å². The quantitative estimate of drug-likeness (QED) is 0.797. The number of hydrogen-bond acceptors (Lipinski definition) is 4. The third-order valence-electron chi connectivity index (χ3n) is 1.61. The Bertz CT molecular complexity index is 492. The summed E-state index contributed by atoms with van der Waals surface area (Å²) in [6.07, 6.45) is -4.72. The van der Waals surface area contributed by atoms with Gasteiger partial charge in [-0.15, -0.1) is 13.2 Å². The van der Waals surface area contributed by atoms with Crippen LogP contribution >= 0.6 is 0 Å². The van der Waals surface area contributed by atoms with Crippen molar-refractivity contribution in [1.82, 2.24) is 4.98 Å². The van der Waals surface area contributed by atoms with Crippen LogP contribution in [0.2, 0.25) is 0 Å². The van der Waals surface area contributed by atoms with Crippen LogP contribution in [0, 0.1) is 0 Å². The zero-order valence-electron chi connectivity index (χ0n) is 7.21. The van der Waals surface area contributed by atoms with Crippen molar-refractivity contribution >= 4 is 17.1 Å². The van der Waals surface area contributed by atoms with Gasteiger partial charge >= 0.3 is 6.36 Å². The van der Waals surface area contributed by atoms with Crippen LogP contribution in [0.15, 0.2) is 22.6 Å². The summed E-state index contributed by atoms with van der Waals surface area (Å²) in [5, 5.41) is 0. The lowest BCUT2D eigenvalue weighted by Crippen LogP contribution is -2.16. The molecule has 1 aromatic heterocycles. The molecule has 0 bridgehead atoms. The van der Waals surface area contributed by atoms with Gasteiger partial charge in [-0.05, 0) is 12.1 Å². The van der Waals surface area contributed by atoms with Gasteiger partial charge in [-0.3, -0.25) is 0 Å². The van der Waals surface area contributed by atoms with E-state index in [1.165, 1.54) is 6.07 Å². The molecule has 1 aromatic carbocycles. The van der Waals surface area contributed by atoms with E-state index < -0.39 is 6.36 Å². The van der Waals surface area contributed by atoms with Crippen molar-refractivity contribution in [3.05, 3.63) is 18.2 Å². The minimum absolute atomic E-state index is 0.103. The van der Waals surface area contributed by atoms with Crippen LogP contribution in [0.3, 0.4) is 0 Å². The molecule has 0 amide bonds. The van der Waals surface area contributed by atoms with Crippen molar-refractivity contribution in [2.75, 3.05) is 5.73 Å². The summed E-state index contributed by atoms with van der Waals surface area (Å²) in [5.74, 6) is -0.358. The van der Waals surface area contributed by atoms with Crippen molar-refractivity contribution < 1.29 is 22.3 Å². The molecule has 0 saturated heterocycles. The first kappa shape index (κ1) is 9.63. The van der Waals surface area contributed by atoms with Crippen molar-refractivity contribution in [2.45, 2.75) is 6.36 Å². The van der Waals surface area contributed by atoms with Crippen LogP contribution < -0.4 is 10.5 Å². The number of fused-ring (bicyclic) bond motifs is 1. The molecule has 0 spiro atoms. The van der Waals surface area contributed by atoms with Crippen LogP contribution in [0.4, 0.5) is 19.2 Å². The second kappa shape index (κ2) is 3.04. The Hall–Kier alpha value is -1.92. The molecule has 0 aliphatic carbocycles. The molecule has 0 aliphatic rings. The smallest absolute Gasteiger partial charge is 0.424 e. The number of ether oxygens (including phenoxy) is 1. The van der Waals surface area contributed by atoms with E-state index in [-0.39, 0.29) is 17.3 Å². The average Bonchev–Trinajstić information content (AvgIpc) is 2.40. The van der Waals surface area contributed by atoms with Crippen LogP contribution in [0.25, 0.3) is 11.1 Å². The summed E-state index contributed by atoms with van der Waals surface area (Å²) in [5.41, 5.74) is 5.75. The number of anilines is 1. The van der Waals surface area contributed by atoms with Gasteiger partial charge < -0.3 is 14.9 Å². The molecule has 2 rings (SSSR count). The van der Waals surface area contributed by atoms with Crippen LogP contribution in [-0.4, -0.2) is 11.3 Å². The molecule has 0 unspecified atom stereocenters. The van der Waals surface area contributed by atoms with Crippen LogP contribution in [-0.2, 0) is 0 Å². The highest BCUT2D eigenvalue weighted by Crippen LogP contribution is 2.26. The van der Waals surface area contributed by atoms with Gasteiger partial charge in [0.15, 0.2) is 5.58 Å². The number of nitrogen functional groups attached to an aromatic ring is 1. The molecule has 7 heteroatoms. The Morgan fingerprint density at radius 1 is 1.33 bits per heavy atom. The third-order valence-corrected chi connectivity index (χ3v) is 1.61. The molecule has 80 valence electrons. The molecule has 1 heterocycles. The number of rotatable bonds is 1. The summed E-state index contributed by atoms with van der Waals surface area (Å²) in [6.45, 7) is 0. The lowest BCUT2D eigenvalue weighted by Gasteiger charge is -2.07.